The number of para-hydroxylation sites is 1. The fourth-order valence-corrected chi connectivity index (χ4v) is 5.33. The third kappa shape index (κ3) is 3.80. The molecule has 0 bridgehead atoms. The smallest absolute Gasteiger partial charge is 0.264 e. The first-order chi connectivity index (χ1) is 14.4. The number of amides is 3. The highest BCUT2D eigenvalue weighted by atomic mass is 32.2. The molecule has 2 aliphatic rings. The van der Waals surface area contributed by atoms with Crippen molar-refractivity contribution in [1.82, 2.24) is 10.6 Å². The van der Waals surface area contributed by atoms with Crippen LogP contribution >= 0.6 is 0 Å². The minimum atomic E-state index is -3.85. The number of piperidine rings is 1. The zero-order chi connectivity index (χ0) is 21.3. The van der Waals surface area contributed by atoms with Crippen LogP contribution < -0.4 is 14.9 Å². The maximum Gasteiger partial charge on any atom is 0.264 e. The van der Waals surface area contributed by atoms with Crippen molar-refractivity contribution < 1.29 is 22.8 Å². The lowest BCUT2D eigenvalue weighted by Gasteiger charge is -2.30. The molecular weight excluding hydrogens is 406 g/mol. The van der Waals surface area contributed by atoms with Crippen LogP contribution in [-0.2, 0) is 26.0 Å². The van der Waals surface area contributed by atoms with E-state index < -0.39 is 27.9 Å². The van der Waals surface area contributed by atoms with Crippen molar-refractivity contribution in [3.63, 3.8) is 0 Å². The Morgan fingerprint density at radius 2 is 1.87 bits per heavy atom. The first kappa shape index (κ1) is 20.1. The van der Waals surface area contributed by atoms with E-state index in [9.17, 15) is 22.8 Å². The third-order valence-corrected chi connectivity index (χ3v) is 7.11. The number of aryl methyl sites for hydroxylation is 1. The zero-order valence-corrected chi connectivity index (χ0v) is 16.9. The Morgan fingerprint density at radius 1 is 1.07 bits per heavy atom. The molecule has 9 heteroatoms. The summed E-state index contributed by atoms with van der Waals surface area (Å²) < 4.78 is 28.0. The second-order valence-corrected chi connectivity index (χ2v) is 9.18. The number of nitrogens with one attached hydrogen (secondary N) is 2. The quantitative estimate of drug-likeness (QED) is 0.716. The van der Waals surface area contributed by atoms with E-state index in [1.54, 1.807) is 12.1 Å². The van der Waals surface area contributed by atoms with Crippen molar-refractivity contribution in [3.8, 4) is 0 Å². The van der Waals surface area contributed by atoms with Crippen LogP contribution in [0, 0.1) is 0 Å². The Kier molecular flexibility index (Phi) is 5.29. The molecule has 1 atom stereocenters. The van der Waals surface area contributed by atoms with Crippen LogP contribution in [0.1, 0.15) is 35.2 Å². The van der Waals surface area contributed by atoms with Crippen LogP contribution in [0.25, 0.3) is 0 Å². The van der Waals surface area contributed by atoms with Crippen molar-refractivity contribution in [2.24, 2.45) is 0 Å². The monoisotopic (exact) mass is 427 g/mol. The van der Waals surface area contributed by atoms with Crippen molar-refractivity contribution in [1.29, 1.82) is 0 Å². The van der Waals surface area contributed by atoms with E-state index in [1.807, 2.05) is 12.1 Å². The summed E-state index contributed by atoms with van der Waals surface area (Å²) >= 11 is 0. The SMILES string of the molecule is O=C1CCC(NC(=O)c2cccc(S(=O)(=O)N3CCCc4ccccc43)c2)C(=O)N1. The molecule has 2 aromatic rings. The van der Waals surface area contributed by atoms with E-state index in [4.69, 9.17) is 0 Å². The average molecular weight is 427 g/mol. The molecule has 156 valence electrons. The standard InChI is InChI=1S/C21H21N3O5S/c25-19-11-10-17(21(27)23-19)22-20(26)15-6-3-8-16(13-15)30(28,29)24-12-4-7-14-5-1-2-9-18(14)24/h1-3,5-6,8-9,13,17H,4,7,10-12H2,(H,22,26)(H,23,25,27). The number of carbonyl (C=O) groups is 3. The molecular formula is C21H21N3O5S. The molecule has 0 aromatic heterocycles. The van der Waals surface area contributed by atoms with Gasteiger partial charge in [-0.1, -0.05) is 24.3 Å². The van der Waals surface area contributed by atoms with Crippen LogP contribution in [-0.4, -0.2) is 38.7 Å². The Labute approximate surface area is 174 Å². The van der Waals surface area contributed by atoms with Gasteiger partial charge in [0, 0.05) is 18.5 Å². The summed E-state index contributed by atoms with van der Waals surface area (Å²) in [5.41, 5.74) is 1.76. The Morgan fingerprint density at radius 3 is 2.67 bits per heavy atom. The lowest BCUT2D eigenvalue weighted by atomic mass is 10.0. The van der Waals surface area contributed by atoms with Gasteiger partial charge < -0.3 is 5.32 Å². The molecule has 0 spiro atoms. The van der Waals surface area contributed by atoms with Crippen LogP contribution in [0.3, 0.4) is 0 Å². The highest BCUT2D eigenvalue weighted by molar-refractivity contribution is 7.92. The molecule has 1 saturated heterocycles. The molecule has 0 saturated carbocycles. The van der Waals surface area contributed by atoms with Crippen LogP contribution in [0.2, 0.25) is 0 Å². The molecule has 30 heavy (non-hydrogen) atoms. The van der Waals surface area contributed by atoms with E-state index in [0.717, 1.165) is 12.0 Å². The number of nitrogens with zero attached hydrogens (tertiary/aromatic N) is 1. The summed E-state index contributed by atoms with van der Waals surface area (Å²) in [5, 5.41) is 4.75. The molecule has 1 fully saturated rings. The van der Waals surface area contributed by atoms with E-state index in [-0.39, 0.29) is 29.2 Å². The van der Waals surface area contributed by atoms with E-state index in [0.29, 0.717) is 18.7 Å². The number of hydrogen-bond acceptors (Lipinski definition) is 5. The van der Waals surface area contributed by atoms with Crippen molar-refractivity contribution in [2.45, 2.75) is 36.6 Å². The number of sulfonamides is 1. The summed E-state index contributed by atoms with van der Waals surface area (Å²) in [4.78, 5) is 35.7. The van der Waals surface area contributed by atoms with Gasteiger partial charge in [0.1, 0.15) is 6.04 Å². The zero-order valence-electron chi connectivity index (χ0n) is 16.1. The fourth-order valence-electron chi connectivity index (χ4n) is 3.75. The van der Waals surface area contributed by atoms with Gasteiger partial charge in [0.2, 0.25) is 11.8 Å². The summed E-state index contributed by atoms with van der Waals surface area (Å²) in [6, 6.07) is 12.3. The Bertz CT molecular complexity index is 1130. The van der Waals surface area contributed by atoms with Gasteiger partial charge in [-0.05, 0) is 49.1 Å². The lowest BCUT2D eigenvalue weighted by Crippen LogP contribution is -2.52. The number of carbonyl (C=O) groups excluding carboxylic acids is 3. The first-order valence-electron chi connectivity index (χ1n) is 9.71. The molecule has 1 unspecified atom stereocenters. The van der Waals surface area contributed by atoms with Gasteiger partial charge in [-0.2, -0.15) is 0 Å². The van der Waals surface area contributed by atoms with E-state index >= 15 is 0 Å². The second kappa shape index (κ2) is 7.91. The normalized spacial score (nSPS) is 19.1. The summed E-state index contributed by atoms with van der Waals surface area (Å²) in [5.74, 6) is -1.51. The van der Waals surface area contributed by atoms with Gasteiger partial charge in [-0.15, -0.1) is 0 Å². The topological polar surface area (TPSA) is 113 Å². The summed E-state index contributed by atoms with van der Waals surface area (Å²) in [6.45, 7) is 0.367. The van der Waals surface area contributed by atoms with Gasteiger partial charge in [0.05, 0.1) is 10.6 Å². The maximum atomic E-state index is 13.3. The predicted octanol–water partition coefficient (Wildman–Crippen LogP) is 1.36. The number of imide groups is 1. The molecule has 2 heterocycles. The first-order valence-corrected chi connectivity index (χ1v) is 11.2. The largest absolute Gasteiger partial charge is 0.340 e. The number of benzene rings is 2. The van der Waals surface area contributed by atoms with Crippen molar-refractivity contribution in [2.75, 3.05) is 10.8 Å². The maximum absolute atomic E-state index is 13.3. The minimum Gasteiger partial charge on any atom is -0.340 e. The highest BCUT2D eigenvalue weighted by Crippen LogP contribution is 2.31. The average Bonchev–Trinajstić information content (AvgIpc) is 2.75. The van der Waals surface area contributed by atoms with Gasteiger partial charge in [0.15, 0.2) is 0 Å². The predicted molar refractivity (Wildman–Crippen MR) is 109 cm³/mol. The fraction of sp³-hybridized carbons (Fsp3) is 0.286. The molecule has 3 amide bonds. The van der Waals surface area contributed by atoms with Gasteiger partial charge in [-0.3, -0.25) is 24.0 Å². The number of fused-ring (bicyclic) bond motifs is 1. The third-order valence-electron chi connectivity index (χ3n) is 5.30. The van der Waals surface area contributed by atoms with Crippen molar-refractivity contribution in [3.05, 3.63) is 59.7 Å². The Balaban J connectivity index is 1.58. The van der Waals surface area contributed by atoms with Crippen LogP contribution in [0.5, 0.6) is 0 Å². The molecule has 0 radical (unpaired) electrons. The highest BCUT2D eigenvalue weighted by Gasteiger charge is 2.31. The van der Waals surface area contributed by atoms with Crippen LogP contribution in [0.4, 0.5) is 5.69 Å². The van der Waals surface area contributed by atoms with Crippen LogP contribution in [0.15, 0.2) is 53.4 Å². The molecule has 2 aromatic carbocycles. The number of anilines is 1. The number of rotatable bonds is 4. The summed E-state index contributed by atoms with van der Waals surface area (Å²) in [7, 11) is -3.85. The lowest BCUT2D eigenvalue weighted by molar-refractivity contribution is -0.134. The molecule has 8 nitrogen and oxygen atoms in total. The minimum absolute atomic E-state index is 0.00938. The summed E-state index contributed by atoms with van der Waals surface area (Å²) in [6.07, 6.45) is 1.88. The van der Waals surface area contributed by atoms with E-state index in [2.05, 4.69) is 10.6 Å². The van der Waals surface area contributed by atoms with Gasteiger partial charge in [-0.25, -0.2) is 8.42 Å². The number of hydrogen-bond donors (Lipinski definition) is 2. The molecule has 2 aliphatic heterocycles. The van der Waals surface area contributed by atoms with Crippen molar-refractivity contribution >= 4 is 33.4 Å². The second-order valence-electron chi connectivity index (χ2n) is 7.31. The molecule has 2 N–H and O–H groups in total. The van der Waals surface area contributed by atoms with Gasteiger partial charge in [0.25, 0.3) is 15.9 Å². The Hall–Kier alpha value is -3.20. The van der Waals surface area contributed by atoms with E-state index in [1.165, 1.54) is 28.6 Å². The van der Waals surface area contributed by atoms with Gasteiger partial charge >= 0.3 is 0 Å². The molecule has 4 rings (SSSR count). The molecule has 0 aliphatic carbocycles.